The number of primary amides is 1. The van der Waals surface area contributed by atoms with Crippen molar-refractivity contribution in [3.8, 4) is 0 Å². The monoisotopic (exact) mass is 1170 g/mol. The number of amides is 1. The fraction of sp³-hybridized carbons (Fsp3) is 0.947. The van der Waals surface area contributed by atoms with Gasteiger partial charge in [-0.2, -0.15) is 0 Å². The van der Waals surface area contributed by atoms with Gasteiger partial charge in [0.25, 0.3) is 0 Å². The van der Waals surface area contributed by atoms with Crippen LogP contribution < -0.4 is 5.73 Å². The Balaban J connectivity index is 0. The SMILES string of the molecule is CCCCCCCCCCCCCCCCCC(=O)OCC(COC(=O)CCCCCCCCCCCCCCCCC)OC(=O)CCCCCCCCCCCCCCCCC.CCCCCCCCCCCCCCCCCC(N)=O. The molecule has 0 atom stereocenters. The van der Waals surface area contributed by atoms with Crippen LogP contribution in [0.4, 0.5) is 0 Å². The summed E-state index contributed by atoms with van der Waals surface area (Å²) in [6.45, 7) is 8.98. The van der Waals surface area contributed by atoms with Crippen LogP contribution in [0.25, 0.3) is 0 Å². The number of unbranched alkanes of at least 4 members (excludes halogenated alkanes) is 56. The van der Waals surface area contributed by atoms with Gasteiger partial charge in [-0.3, -0.25) is 19.2 Å². The number of carbonyl (C=O) groups excluding carboxylic acids is 4. The highest BCUT2D eigenvalue weighted by atomic mass is 16.6. The van der Waals surface area contributed by atoms with Crippen LogP contribution in [-0.4, -0.2) is 43.1 Å². The van der Waals surface area contributed by atoms with E-state index in [-0.39, 0.29) is 37.0 Å². The third-order valence-electron chi connectivity index (χ3n) is 17.1. The summed E-state index contributed by atoms with van der Waals surface area (Å²) >= 11 is 0. The Morgan fingerprint density at radius 3 is 0.566 bits per heavy atom. The molecule has 0 aromatic rings. The number of hydrogen-bond acceptors (Lipinski definition) is 7. The summed E-state index contributed by atoms with van der Waals surface area (Å²) in [4.78, 5) is 48.7. The van der Waals surface area contributed by atoms with E-state index in [0.717, 1.165) is 64.2 Å². The van der Waals surface area contributed by atoms with Crippen molar-refractivity contribution in [1.29, 1.82) is 0 Å². The van der Waals surface area contributed by atoms with Crippen LogP contribution in [0.5, 0.6) is 0 Å². The molecule has 0 heterocycles. The number of rotatable bonds is 69. The van der Waals surface area contributed by atoms with E-state index in [4.69, 9.17) is 19.9 Å². The van der Waals surface area contributed by atoms with Crippen molar-refractivity contribution in [2.75, 3.05) is 13.2 Å². The summed E-state index contributed by atoms with van der Waals surface area (Å²) in [7, 11) is 0. The fourth-order valence-corrected chi connectivity index (χ4v) is 11.5. The van der Waals surface area contributed by atoms with Gasteiger partial charge >= 0.3 is 17.9 Å². The van der Waals surface area contributed by atoms with Crippen molar-refractivity contribution in [1.82, 2.24) is 0 Å². The second-order valence-electron chi connectivity index (χ2n) is 25.7. The molecule has 8 heteroatoms. The summed E-state index contributed by atoms with van der Waals surface area (Å²) in [5.74, 6) is -0.985. The predicted molar refractivity (Wildman–Crippen MR) is 359 cm³/mol. The lowest BCUT2D eigenvalue weighted by Crippen LogP contribution is -2.30. The van der Waals surface area contributed by atoms with Gasteiger partial charge in [-0.05, 0) is 25.7 Å². The second-order valence-corrected chi connectivity index (χ2v) is 25.7. The van der Waals surface area contributed by atoms with Crippen LogP contribution in [0.1, 0.15) is 439 Å². The van der Waals surface area contributed by atoms with E-state index in [0.29, 0.717) is 25.7 Å². The smallest absolute Gasteiger partial charge is 0.306 e. The normalized spacial score (nSPS) is 11.3. The van der Waals surface area contributed by atoms with Crippen LogP contribution in [0.15, 0.2) is 0 Å². The van der Waals surface area contributed by atoms with Crippen LogP contribution in [-0.2, 0) is 33.4 Å². The van der Waals surface area contributed by atoms with Crippen molar-refractivity contribution in [3.63, 3.8) is 0 Å². The zero-order valence-electron chi connectivity index (χ0n) is 56.7. The number of ether oxygens (including phenoxy) is 3. The van der Waals surface area contributed by atoms with Gasteiger partial charge in [-0.25, -0.2) is 0 Å². The molecule has 0 aliphatic heterocycles. The maximum Gasteiger partial charge on any atom is 0.306 e. The molecule has 1 amide bonds. The fourth-order valence-electron chi connectivity index (χ4n) is 11.5. The summed E-state index contributed by atoms with van der Waals surface area (Å²) in [6.07, 6.45) is 78.9. The zero-order valence-corrected chi connectivity index (χ0v) is 56.7. The molecule has 0 radical (unpaired) electrons. The van der Waals surface area contributed by atoms with Gasteiger partial charge in [-0.1, -0.05) is 387 Å². The van der Waals surface area contributed by atoms with E-state index in [9.17, 15) is 19.2 Å². The molecule has 0 unspecified atom stereocenters. The summed E-state index contributed by atoms with van der Waals surface area (Å²) < 4.78 is 16.9. The summed E-state index contributed by atoms with van der Waals surface area (Å²) in [5.41, 5.74) is 5.11. The van der Waals surface area contributed by atoms with Gasteiger partial charge in [0.05, 0.1) is 0 Å². The van der Waals surface area contributed by atoms with Crippen molar-refractivity contribution in [3.05, 3.63) is 0 Å². The maximum absolute atomic E-state index is 12.8. The second kappa shape index (κ2) is 74.1. The summed E-state index contributed by atoms with van der Waals surface area (Å²) in [6, 6.07) is 0. The standard InChI is InChI=1S/C57H110O6.C18H37NO/c1-4-7-10-13-16-19-22-25-28-31-34-37-40-43-46-49-55(58)61-52-54(63-57(60)51-48-45-42-39-36-33-30-27-24-21-18-15-12-9-6-3)53-62-56(59)50-47-44-41-38-35-32-29-26-23-20-17-14-11-8-5-2;1-2-3-4-5-6-7-8-9-10-11-12-13-14-15-16-17-18(19)20/h54H,4-53H2,1-3H3;2-17H2,1H3,(H2,19,20). The van der Waals surface area contributed by atoms with Crippen LogP contribution >= 0.6 is 0 Å². The predicted octanol–water partition coefficient (Wildman–Crippen LogP) is 24.5. The third-order valence-corrected chi connectivity index (χ3v) is 17.1. The molecule has 0 saturated carbocycles. The average molecular weight is 1180 g/mol. The van der Waals surface area contributed by atoms with Gasteiger partial charge < -0.3 is 19.9 Å². The highest BCUT2D eigenvalue weighted by molar-refractivity contribution is 5.73. The quantitative estimate of drug-likeness (QED) is 0.0366. The van der Waals surface area contributed by atoms with E-state index in [1.807, 2.05) is 0 Å². The molecule has 0 aliphatic carbocycles. The highest BCUT2D eigenvalue weighted by Crippen LogP contribution is 2.19. The zero-order chi connectivity index (χ0) is 60.7. The third kappa shape index (κ3) is 75.9. The van der Waals surface area contributed by atoms with Crippen molar-refractivity contribution < 1.29 is 33.4 Å². The number of nitrogens with two attached hydrogens (primary N) is 1. The lowest BCUT2D eigenvalue weighted by molar-refractivity contribution is -0.167. The first-order valence-electron chi connectivity index (χ1n) is 37.6. The van der Waals surface area contributed by atoms with Crippen LogP contribution in [0.3, 0.4) is 0 Å². The van der Waals surface area contributed by atoms with Gasteiger partial charge in [0.15, 0.2) is 6.10 Å². The van der Waals surface area contributed by atoms with Crippen LogP contribution in [0.2, 0.25) is 0 Å². The number of hydrogen-bond donors (Lipinski definition) is 1. The molecular weight excluding hydrogens is 1030 g/mol. The topological polar surface area (TPSA) is 122 Å². The van der Waals surface area contributed by atoms with Crippen molar-refractivity contribution >= 4 is 23.8 Å². The molecule has 0 aliphatic rings. The first-order valence-corrected chi connectivity index (χ1v) is 37.6. The maximum atomic E-state index is 12.8. The molecule has 0 spiro atoms. The van der Waals surface area contributed by atoms with E-state index < -0.39 is 6.10 Å². The number of esters is 3. The molecule has 8 nitrogen and oxygen atoms in total. The minimum atomic E-state index is -0.760. The molecule has 0 fully saturated rings. The van der Waals surface area contributed by atoms with E-state index >= 15 is 0 Å². The summed E-state index contributed by atoms with van der Waals surface area (Å²) in [5, 5.41) is 0. The highest BCUT2D eigenvalue weighted by Gasteiger charge is 2.20. The minimum Gasteiger partial charge on any atom is -0.462 e. The van der Waals surface area contributed by atoms with Crippen molar-refractivity contribution in [2.45, 2.75) is 445 Å². The molecule has 0 saturated heterocycles. The number of carbonyl (C=O) groups is 4. The molecule has 0 aromatic heterocycles. The first-order chi connectivity index (χ1) is 40.8. The van der Waals surface area contributed by atoms with E-state index in [2.05, 4.69) is 27.7 Å². The van der Waals surface area contributed by atoms with E-state index in [1.54, 1.807) is 0 Å². The molecule has 0 bridgehead atoms. The lowest BCUT2D eigenvalue weighted by Gasteiger charge is -2.18. The Labute approximate surface area is 518 Å². The van der Waals surface area contributed by atoms with Gasteiger partial charge in [-0.15, -0.1) is 0 Å². The Kier molecular flexibility index (Phi) is 74.1. The van der Waals surface area contributed by atoms with Gasteiger partial charge in [0.2, 0.25) is 5.91 Å². The Morgan fingerprint density at radius 1 is 0.229 bits per heavy atom. The Morgan fingerprint density at radius 2 is 0.386 bits per heavy atom. The van der Waals surface area contributed by atoms with Crippen molar-refractivity contribution in [2.24, 2.45) is 5.73 Å². The van der Waals surface area contributed by atoms with Gasteiger partial charge in [0, 0.05) is 25.7 Å². The largest absolute Gasteiger partial charge is 0.462 e. The molecular formula is C75H147NO7. The first kappa shape index (κ1) is 82.9. The minimum absolute atomic E-state index is 0.0611. The molecule has 2 N–H and O–H groups in total. The lowest BCUT2D eigenvalue weighted by atomic mass is 10.0. The van der Waals surface area contributed by atoms with Gasteiger partial charge in [0.1, 0.15) is 13.2 Å². The molecule has 0 rings (SSSR count). The van der Waals surface area contributed by atoms with E-state index in [1.165, 1.54) is 321 Å². The van der Waals surface area contributed by atoms with Crippen LogP contribution in [0, 0.1) is 0 Å². The average Bonchev–Trinajstić information content (AvgIpc) is 3.48. The Bertz CT molecular complexity index is 1240. The molecule has 83 heavy (non-hydrogen) atoms. The Hall–Kier alpha value is -2.12. The molecule has 0 aromatic carbocycles. The molecule has 494 valence electrons.